The van der Waals surface area contributed by atoms with E-state index < -0.39 is 0 Å². The van der Waals surface area contributed by atoms with Crippen LogP contribution in [0, 0.1) is 53.0 Å². The molecular weight excluding hydrogens is 469 g/mol. The minimum atomic E-state index is 0. The molecule has 3 aromatic rings. The Labute approximate surface area is 183 Å². The summed E-state index contributed by atoms with van der Waals surface area (Å²) >= 11 is 0. The summed E-state index contributed by atoms with van der Waals surface area (Å²) in [6, 6.07) is 17.3. The molecule has 0 fully saturated rings. The SMILES string of the molecule is [Yb].[c-]1cc2cc3nc(cc4nc(cc5ccc(cc1[nH]2)[nH]5)C=C4)C=C3. The molecule has 8 bridgehead atoms. The molecule has 5 rings (SSSR count). The number of nitrogens with one attached hydrogen (secondary N) is 2. The molecule has 0 atom stereocenters. The van der Waals surface area contributed by atoms with Crippen molar-refractivity contribution in [1.82, 2.24) is 19.9 Å². The summed E-state index contributed by atoms with van der Waals surface area (Å²) in [7, 11) is 0. The number of rotatable bonds is 0. The molecule has 0 radical (unpaired) electrons. The minimum absolute atomic E-state index is 0. The number of aromatic nitrogens is 4. The Morgan fingerprint density at radius 3 is 1.88 bits per heavy atom. The van der Waals surface area contributed by atoms with Crippen LogP contribution in [0.2, 0.25) is 0 Å². The van der Waals surface area contributed by atoms with Crippen molar-refractivity contribution in [2.24, 2.45) is 0 Å². The molecule has 4 nitrogen and oxygen atoms in total. The van der Waals surface area contributed by atoms with E-state index in [4.69, 9.17) is 0 Å². The van der Waals surface area contributed by atoms with E-state index in [1.54, 1.807) is 0 Å². The third-order valence-electron chi connectivity index (χ3n) is 3.96. The Morgan fingerprint density at radius 2 is 1.20 bits per heavy atom. The number of fused-ring (bicyclic) bond motifs is 8. The topological polar surface area (TPSA) is 57.4 Å². The van der Waals surface area contributed by atoms with E-state index in [0.29, 0.717) is 0 Å². The Kier molecular flexibility index (Phi) is 4.50. The second-order valence-corrected chi connectivity index (χ2v) is 5.82. The summed E-state index contributed by atoms with van der Waals surface area (Å²) in [5.74, 6) is 0. The van der Waals surface area contributed by atoms with Crippen LogP contribution in [0.3, 0.4) is 0 Å². The van der Waals surface area contributed by atoms with Crippen molar-refractivity contribution in [3.63, 3.8) is 0 Å². The van der Waals surface area contributed by atoms with Gasteiger partial charge in [0.2, 0.25) is 0 Å². The molecule has 3 aromatic heterocycles. The zero-order valence-electron chi connectivity index (χ0n) is 13.0. The average molecular weight is 482 g/mol. The Bertz CT molecular complexity index is 1080. The second-order valence-electron chi connectivity index (χ2n) is 5.82. The van der Waals surface area contributed by atoms with E-state index in [1.807, 2.05) is 66.8 Å². The van der Waals surface area contributed by atoms with Crippen LogP contribution in [0.15, 0.2) is 42.5 Å². The molecule has 5 heteroatoms. The zero-order chi connectivity index (χ0) is 15.9. The molecular formula is C20H13N4Yb-. The molecule has 0 saturated carbocycles. The van der Waals surface area contributed by atoms with Gasteiger partial charge in [-0.3, -0.25) is 4.98 Å². The van der Waals surface area contributed by atoms with Gasteiger partial charge in [-0.1, -0.05) is 17.1 Å². The van der Waals surface area contributed by atoms with Crippen LogP contribution in [0.25, 0.3) is 46.4 Å². The first kappa shape index (κ1) is 16.6. The van der Waals surface area contributed by atoms with Crippen molar-refractivity contribution in [2.75, 3.05) is 0 Å². The molecule has 0 aliphatic carbocycles. The average Bonchev–Trinajstić information content (AvgIpc) is 3.32. The summed E-state index contributed by atoms with van der Waals surface area (Å²) in [5, 5.41) is 0. The van der Waals surface area contributed by atoms with Gasteiger partial charge in [-0.25, -0.2) is 4.98 Å². The molecule has 0 spiro atoms. The third kappa shape index (κ3) is 3.56. The maximum Gasteiger partial charge on any atom is 0.0659 e. The fourth-order valence-electron chi connectivity index (χ4n) is 2.87. The molecule has 25 heavy (non-hydrogen) atoms. The van der Waals surface area contributed by atoms with Crippen LogP contribution in [-0.2, 0) is 0 Å². The monoisotopic (exact) mass is 483 g/mol. The molecule has 5 heterocycles. The number of aromatic amines is 2. The van der Waals surface area contributed by atoms with Crippen LogP contribution < -0.4 is 0 Å². The summed E-state index contributed by atoms with van der Waals surface area (Å²) in [6.45, 7) is 0. The van der Waals surface area contributed by atoms with Crippen LogP contribution in [0.1, 0.15) is 22.8 Å². The fraction of sp³-hybridized carbons (Fsp3) is 0. The van der Waals surface area contributed by atoms with Crippen LogP contribution in [0.4, 0.5) is 0 Å². The fourth-order valence-corrected chi connectivity index (χ4v) is 2.87. The molecule has 2 aliphatic rings. The predicted octanol–water partition coefficient (Wildman–Crippen LogP) is 4.46. The van der Waals surface area contributed by atoms with E-state index in [-0.39, 0.29) is 46.9 Å². The van der Waals surface area contributed by atoms with Gasteiger partial charge >= 0.3 is 0 Å². The molecule has 2 aliphatic heterocycles. The summed E-state index contributed by atoms with van der Waals surface area (Å²) in [4.78, 5) is 15.9. The van der Waals surface area contributed by atoms with Gasteiger partial charge in [0.25, 0.3) is 0 Å². The van der Waals surface area contributed by atoms with Gasteiger partial charge in [0.05, 0.1) is 22.8 Å². The molecule has 0 saturated heterocycles. The van der Waals surface area contributed by atoms with Gasteiger partial charge in [0.1, 0.15) is 0 Å². The first-order valence-electron chi connectivity index (χ1n) is 7.76. The maximum atomic E-state index is 4.61. The minimum Gasteiger partial charge on any atom is -0.428 e. The zero-order valence-corrected chi connectivity index (χ0v) is 14.7. The smallest absolute Gasteiger partial charge is 0.0659 e. The van der Waals surface area contributed by atoms with Crippen molar-refractivity contribution in [2.45, 2.75) is 0 Å². The maximum absolute atomic E-state index is 4.61. The predicted molar refractivity (Wildman–Crippen MR) is 97.7 cm³/mol. The van der Waals surface area contributed by atoms with Gasteiger partial charge in [-0.15, -0.1) is 6.07 Å². The number of H-pyrrole nitrogens is 2. The van der Waals surface area contributed by atoms with Gasteiger partial charge in [-0.05, 0) is 54.1 Å². The van der Waals surface area contributed by atoms with E-state index in [0.717, 1.165) is 44.8 Å². The summed E-state index contributed by atoms with van der Waals surface area (Å²) in [6.07, 6.45) is 8.01. The van der Waals surface area contributed by atoms with Crippen molar-refractivity contribution >= 4 is 46.4 Å². The Hall–Kier alpha value is -1.88. The molecule has 0 aromatic carbocycles. The van der Waals surface area contributed by atoms with Crippen LogP contribution >= 0.6 is 0 Å². The number of hydrogen-bond acceptors (Lipinski definition) is 2. The van der Waals surface area contributed by atoms with E-state index >= 15 is 0 Å². The van der Waals surface area contributed by atoms with Crippen molar-refractivity contribution in [3.8, 4) is 0 Å². The van der Waals surface area contributed by atoms with Gasteiger partial charge < -0.3 is 9.97 Å². The first-order chi connectivity index (χ1) is 11.8. The quantitative estimate of drug-likeness (QED) is 0.321. The van der Waals surface area contributed by atoms with Crippen LogP contribution in [-0.4, -0.2) is 19.9 Å². The van der Waals surface area contributed by atoms with Crippen molar-refractivity contribution in [1.29, 1.82) is 0 Å². The molecule has 128 valence electrons. The molecule has 0 unspecified atom stereocenters. The molecule has 2 N–H and O–H groups in total. The third-order valence-corrected chi connectivity index (χ3v) is 3.96. The van der Waals surface area contributed by atoms with E-state index in [2.05, 4.69) is 26.0 Å². The van der Waals surface area contributed by atoms with Crippen molar-refractivity contribution in [3.05, 3.63) is 71.3 Å². The first-order valence-corrected chi connectivity index (χ1v) is 7.76. The normalized spacial score (nSPS) is 12.2. The van der Waals surface area contributed by atoms with Gasteiger partial charge in [0, 0.05) is 52.4 Å². The van der Waals surface area contributed by atoms with E-state index in [9.17, 15) is 0 Å². The van der Waals surface area contributed by atoms with E-state index in [1.165, 1.54) is 0 Å². The molecule has 0 amide bonds. The summed E-state index contributed by atoms with van der Waals surface area (Å²) < 4.78 is 0. The van der Waals surface area contributed by atoms with Gasteiger partial charge in [0.15, 0.2) is 0 Å². The van der Waals surface area contributed by atoms with Crippen LogP contribution in [0.5, 0.6) is 0 Å². The standard InChI is InChI=1S/C20H13N4.Yb/c1-2-14-10-16-5-6-18(23-16)12-20-8-7-19(24-20)11-17-4-3-15(22-17)9-13(1)21-14;/h1-7,9-12,23-24H;/q-1;. The summed E-state index contributed by atoms with van der Waals surface area (Å²) in [5.41, 5.74) is 7.59. The second kappa shape index (κ2) is 6.79. The van der Waals surface area contributed by atoms with Crippen molar-refractivity contribution < 1.29 is 46.9 Å². The Balaban J connectivity index is 0.00000157. The number of hydrogen-bond donors (Lipinski definition) is 2. The number of nitrogens with zero attached hydrogens (tertiary/aromatic N) is 2. The van der Waals surface area contributed by atoms with Gasteiger partial charge in [-0.2, -0.15) is 12.1 Å². The largest absolute Gasteiger partial charge is 0.428 e. The Morgan fingerprint density at radius 1 is 0.640 bits per heavy atom.